The lowest BCUT2D eigenvalue weighted by Crippen LogP contribution is -2.40. The molecule has 2 heterocycles. The Morgan fingerprint density at radius 2 is 1.73 bits per heavy atom. The van der Waals surface area contributed by atoms with Crippen LogP contribution in [0, 0.1) is 0 Å². The number of hydrogen-bond donors (Lipinski definition) is 4. The second kappa shape index (κ2) is 16.7. The zero-order valence-electron chi connectivity index (χ0n) is 27.3. The van der Waals surface area contributed by atoms with Crippen molar-refractivity contribution in [3.8, 4) is 5.75 Å². The number of nitrogens with two attached hydrogens (primary N) is 2. The third-order valence-electron chi connectivity index (χ3n) is 7.17. The fraction of sp³-hybridized carbons (Fsp3) is 0.344. The maximum absolute atomic E-state index is 13.6. The van der Waals surface area contributed by atoms with Crippen molar-refractivity contribution in [3.63, 3.8) is 0 Å². The Morgan fingerprint density at radius 1 is 1.02 bits per heavy atom. The van der Waals surface area contributed by atoms with Gasteiger partial charge in [0.15, 0.2) is 23.1 Å². The van der Waals surface area contributed by atoms with Crippen molar-refractivity contribution in [1.29, 1.82) is 0 Å². The molecule has 3 atom stereocenters. The van der Waals surface area contributed by atoms with Crippen molar-refractivity contribution in [1.82, 2.24) is 25.3 Å². The van der Waals surface area contributed by atoms with E-state index in [1.807, 2.05) is 11.9 Å². The highest BCUT2D eigenvalue weighted by Crippen LogP contribution is 2.50. The van der Waals surface area contributed by atoms with Crippen LogP contribution in [0.25, 0.3) is 11.2 Å². The van der Waals surface area contributed by atoms with Gasteiger partial charge in [-0.05, 0) is 63.1 Å². The Hall–Kier alpha value is -5.34. The van der Waals surface area contributed by atoms with Gasteiger partial charge in [0.2, 0.25) is 5.95 Å². The van der Waals surface area contributed by atoms with E-state index in [0.717, 1.165) is 5.69 Å². The summed E-state index contributed by atoms with van der Waals surface area (Å²) in [5, 5.41) is 12.3. The molecule has 1 unspecified atom stereocenters. The van der Waals surface area contributed by atoms with E-state index >= 15 is 0 Å². The van der Waals surface area contributed by atoms with Gasteiger partial charge in [-0.15, -0.1) is 0 Å². The highest BCUT2D eigenvalue weighted by molar-refractivity contribution is 7.54. The van der Waals surface area contributed by atoms with E-state index in [4.69, 9.17) is 25.3 Å². The average Bonchev–Trinajstić information content (AvgIpc) is 3.06. The van der Waals surface area contributed by atoms with Crippen LogP contribution in [0.3, 0.4) is 0 Å². The summed E-state index contributed by atoms with van der Waals surface area (Å²) in [4.78, 5) is 55.7. The summed E-state index contributed by atoms with van der Waals surface area (Å²) in [6.07, 6.45) is 0.870. The molecule has 16 nitrogen and oxygen atoms in total. The lowest BCUT2D eigenvalue weighted by atomic mass is 10.1. The minimum absolute atomic E-state index is 0.00769. The third kappa shape index (κ3) is 10.3. The van der Waals surface area contributed by atoms with Gasteiger partial charge < -0.3 is 36.1 Å². The van der Waals surface area contributed by atoms with Crippen molar-refractivity contribution < 1.29 is 37.8 Å². The Kier molecular flexibility index (Phi) is 12.4. The Morgan fingerprint density at radius 3 is 2.41 bits per heavy atom. The lowest BCUT2D eigenvalue weighted by molar-refractivity contribution is -0.150. The Labute approximate surface area is 282 Å². The summed E-state index contributed by atoms with van der Waals surface area (Å²) in [5.41, 5.74) is 13.8. The first-order valence-corrected chi connectivity index (χ1v) is 17.2. The predicted octanol–water partition coefficient (Wildman–Crippen LogP) is 3.81. The van der Waals surface area contributed by atoms with Crippen LogP contribution in [0.2, 0.25) is 0 Å². The number of carboxylic acid groups (broad SMARTS) is 1. The van der Waals surface area contributed by atoms with Crippen molar-refractivity contribution >= 4 is 54.1 Å². The van der Waals surface area contributed by atoms with E-state index < -0.39 is 37.6 Å². The number of esters is 1. The molecule has 2 aromatic heterocycles. The summed E-state index contributed by atoms with van der Waals surface area (Å²) in [5.74, 6) is -2.04. The summed E-state index contributed by atoms with van der Waals surface area (Å²) < 4.78 is 29.8. The molecule has 1 amide bonds. The van der Waals surface area contributed by atoms with E-state index in [9.17, 15) is 24.1 Å². The van der Waals surface area contributed by atoms with E-state index in [-0.39, 0.29) is 55.0 Å². The largest absolute Gasteiger partial charge is 0.480 e. The predicted molar refractivity (Wildman–Crippen MR) is 182 cm³/mol. The lowest BCUT2D eigenvalue weighted by Gasteiger charge is -2.22. The summed E-state index contributed by atoms with van der Waals surface area (Å²) in [6, 6.07) is 13.8. The average molecular weight is 695 g/mol. The van der Waals surface area contributed by atoms with Gasteiger partial charge in [0.1, 0.15) is 11.8 Å². The topological polar surface area (TPSA) is 235 Å². The molecule has 0 radical (unpaired) electrons. The first kappa shape index (κ1) is 36.5. The van der Waals surface area contributed by atoms with Crippen LogP contribution in [0.4, 0.5) is 17.5 Å². The Balaban J connectivity index is 1.32. The molecule has 0 saturated carbocycles. The number of fused-ring (bicyclic) bond motifs is 1. The van der Waals surface area contributed by atoms with Crippen LogP contribution in [0.1, 0.15) is 49.2 Å². The minimum atomic E-state index is -3.85. The number of nitrogens with one attached hydrogen (secondary N) is 1. The molecule has 2 aromatic carbocycles. The normalized spacial score (nSPS) is 13.5. The molecule has 17 heteroatoms. The number of nitrogen functional groups attached to an aromatic ring is 2. The third-order valence-corrected chi connectivity index (χ3v) is 9.16. The van der Waals surface area contributed by atoms with Gasteiger partial charge in [0, 0.05) is 18.3 Å². The molecule has 0 aliphatic heterocycles. The maximum Gasteiger partial charge on any atom is 0.380 e. The van der Waals surface area contributed by atoms with Crippen LogP contribution in [0.5, 0.6) is 5.75 Å². The van der Waals surface area contributed by atoms with Gasteiger partial charge in [-0.3, -0.25) is 9.32 Å². The number of rotatable bonds is 17. The van der Waals surface area contributed by atoms with Gasteiger partial charge >= 0.3 is 19.5 Å². The molecule has 49 heavy (non-hydrogen) atoms. The molecule has 0 bridgehead atoms. The zero-order valence-corrected chi connectivity index (χ0v) is 28.2. The number of carboxylic acids is 1. The molecular formula is C32H39N8O8P. The maximum atomic E-state index is 13.6. The second-order valence-corrected chi connectivity index (χ2v) is 13.1. The van der Waals surface area contributed by atoms with E-state index in [2.05, 4.69) is 25.3 Å². The second-order valence-electron chi connectivity index (χ2n) is 11.0. The number of carbonyl (C=O) groups excluding carboxylic acids is 2. The molecule has 0 aliphatic carbocycles. The van der Waals surface area contributed by atoms with Crippen LogP contribution in [-0.4, -0.2) is 74.9 Å². The van der Waals surface area contributed by atoms with Gasteiger partial charge in [0.25, 0.3) is 5.91 Å². The Bertz CT molecular complexity index is 1810. The molecule has 0 fully saturated rings. The number of para-hydroxylation sites is 1. The first-order chi connectivity index (χ1) is 23.4. The highest BCUT2D eigenvalue weighted by atomic mass is 31.2. The molecule has 0 aliphatic rings. The smallest absolute Gasteiger partial charge is 0.380 e. The minimum Gasteiger partial charge on any atom is -0.480 e. The summed E-state index contributed by atoms with van der Waals surface area (Å²) >= 11 is 0. The van der Waals surface area contributed by atoms with Gasteiger partial charge in [-0.25, -0.2) is 24.1 Å². The highest BCUT2D eigenvalue weighted by Gasteiger charge is 2.32. The molecule has 6 N–H and O–H groups in total. The molecular weight excluding hydrogens is 655 g/mol. The van der Waals surface area contributed by atoms with Gasteiger partial charge in [-0.1, -0.05) is 24.6 Å². The van der Waals surface area contributed by atoms with E-state index in [1.54, 1.807) is 67.7 Å². The van der Waals surface area contributed by atoms with Gasteiger partial charge in [0.05, 0.1) is 31.2 Å². The molecule has 0 spiro atoms. The first-order valence-electron chi connectivity index (χ1n) is 15.5. The number of benzene rings is 2. The fourth-order valence-corrected chi connectivity index (χ4v) is 6.58. The monoisotopic (exact) mass is 694 g/mol. The quantitative estimate of drug-likeness (QED) is 0.0698. The number of ether oxygens (including phenoxy) is 1. The molecule has 260 valence electrons. The number of carbonyl (C=O) groups is 3. The van der Waals surface area contributed by atoms with Gasteiger partial charge in [-0.2, -0.15) is 9.97 Å². The SMILES string of the molecule is CCOC(=O)[C@H](C)OP(=O)(CCCC[C@H](NC(=O)c1ccc(N(C)Cc2cnc3nc(N)nc(N)c3n2)cc1)C(=O)O)Oc1ccccc1. The summed E-state index contributed by atoms with van der Waals surface area (Å²) in [7, 11) is -2.02. The molecule has 4 rings (SSSR count). The molecule has 0 saturated heterocycles. The number of nitrogens with zero attached hydrogens (tertiary/aromatic N) is 5. The van der Waals surface area contributed by atoms with Crippen LogP contribution in [-0.2, 0) is 30.0 Å². The number of aromatic nitrogens is 4. The van der Waals surface area contributed by atoms with Crippen LogP contribution in [0.15, 0.2) is 60.8 Å². The number of amides is 1. The van der Waals surface area contributed by atoms with Crippen LogP contribution < -0.4 is 26.2 Å². The van der Waals surface area contributed by atoms with E-state index in [1.165, 1.54) is 6.92 Å². The van der Waals surface area contributed by atoms with Crippen molar-refractivity contribution in [2.45, 2.75) is 51.8 Å². The van der Waals surface area contributed by atoms with Crippen molar-refractivity contribution in [3.05, 3.63) is 72.1 Å². The standard InChI is InChI=1S/C32H39N8O8P/c1-4-46-31(44)20(2)47-49(45,48-24-10-6-5-7-11-24)17-9-8-12-25(30(42)43)37-29(41)21-13-15-23(16-14-21)40(3)19-22-18-35-28-26(36-22)27(33)38-32(34)39-28/h5-7,10-11,13-16,18,20,25H,4,8-9,12,17,19H2,1-3H3,(H,37,41)(H,42,43)(H4,33,34,35,38,39)/t20-,25-,49?/m0/s1. The van der Waals surface area contributed by atoms with E-state index in [0.29, 0.717) is 23.5 Å². The molecule has 4 aromatic rings. The zero-order chi connectivity index (χ0) is 35.6. The number of anilines is 3. The number of unbranched alkanes of at least 4 members (excludes halogenated alkanes) is 1. The summed E-state index contributed by atoms with van der Waals surface area (Å²) in [6.45, 7) is 3.55. The number of aliphatic carboxylic acids is 1. The van der Waals surface area contributed by atoms with Crippen molar-refractivity contribution in [2.75, 3.05) is 36.2 Å². The number of hydrogen-bond acceptors (Lipinski definition) is 14. The van der Waals surface area contributed by atoms with Crippen molar-refractivity contribution in [2.24, 2.45) is 0 Å². The fourth-order valence-electron chi connectivity index (χ4n) is 4.72. The van der Waals surface area contributed by atoms with Crippen LogP contribution >= 0.6 is 7.60 Å².